The number of amides is 1. The van der Waals surface area contributed by atoms with E-state index in [0.29, 0.717) is 17.2 Å². The lowest BCUT2D eigenvalue weighted by Gasteiger charge is -2.23. The number of para-hydroxylation sites is 1. The van der Waals surface area contributed by atoms with E-state index in [2.05, 4.69) is 15.6 Å². The van der Waals surface area contributed by atoms with Crippen LogP contribution in [0.3, 0.4) is 0 Å². The van der Waals surface area contributed by atoms with Gasteiger partial charge in [-0.3, -0.25) is 9.79 Å². The fraction of sp³-hybridized carbons (Fsp3) is 0.105. The number of hydrogen-bond acceptors (Lipinski definition) is 5. The lowest BCUT2D eigenvalue weighted by Crippen LogP contribution is -2.51. The van der Waals surface area contributed by atoms with E-state index >= 15 is 0 Å². The highest BCUT2D eigenvalue weighted by atomic mass is 32.1. The third-order valence-corrected chi connectivity index (χ3v) is 3.79. The molecule has 1 unspecified atom stereocenters. The maximum Gasteiger partial charge on any atom is 0.264 e. The summed E-state index contributed by atoms with van der Waals surface area (Å²) in [7, 11) is 0. The van der Waals surface area contributed by atoms with Crippen molar-refractivity contribution in [3.63, 3.8) is 0 Å². The molecule has 7 heteroatoms. The molecule has 2 aromatic carbocycles. The Bertz CT molecular complexity index is 867. The number of benzene rings is 2. The molecule has 26 heavy (non-hydrogen) atoms. The van der Waals surface area contributed by atoms with E-state index < -0.39 is 11.5 Å². The van der Waals surface area contributed by atoms with Gasteiger partial charge in [-0.15, -0.1) is 0 Å². The SMILES string of the molecule is O=C(NC(=S)Nc1cccc(Oc2ccccc2)c1)C1(O)C=CC=NC1. The maximum absolute atomic E-state index is 12.2. The summed E-state index contributed by atoms with van der Waals surface area (Å²) in [6.45, 7) is -0.0433. The first kappa shape index (κ1) is 17.8. The Kier molecular flexibility index (Phi) is 5.40. The number of rotatable bonds is 4. The van der Waals surface area contributed by atoms with Crippen LogP contribution in [0.2, 0.25) is 0 Å². The smallest absolute Gasteiger partial charge is 0.264 e. The minimum absolute atomic E-state index is 0.0433. The molecular formula is C19H17N3O3S. The average molecular weight is 367 g/mol. The number of aliphatic imine (C=N–C) groups is 1. The Morgan fingerprint density at radius 1 is 1.15 bits per heavy atom. The summed E-state index contributed by atoms with van der Waals surface area (Å²) in [5, 5.41) is 15.7. The first-order valence-corrected chi connectivity index (χ1v) is 8.31. The molecule has 1 amide bonds. The number of carbonyl (C=O) groups is 1. The van der Waals surface area contributed by atoms with Gasteiger partial charge in [-0.05, 0) is 48.6 Å². The molecule has 0 spiro atoms. The van der Waals surface area contributed by atoms with Gasteiger partial charge in [0.1, 0.15) is 11.5 Å². The number of dihydropyridines is 1. The van der Waals surface area contributed by atoms with Gasteiger partial charge in [0.2, 0.25) is 0 Å². The molecule has 0 aliphatic carbocycles. The normalized spacial score (nSPS) is 18.2. The maximum atomic E-state index is 12.2. The first-order valence-electron chi connectivity index (χ1n) is 7.91. The van der Waals surface area contributed by atoms with Crippen molar-refractivity contribution in [2.24, 2.45) is 4.99 Å². The summed E-state index contributed by atoms with van der Waals surface area (Å²) in [6, 6.07) is 16.5. The van der Waals surface area contributed by atoms with Crippen LogP contribution in [0.5, 0.6) is 11.5 Å². The molecule has 2 aromatic rings. The molecule has 3 N–H and O–H groups in total. The Balaban J connectivity index is 1.61. The number of allylic oxidation sites excluding steroid dienone is 1. The second-order valence-electron chi connectivity index (χ2n) is 5.62. The molecular weight excluding hydrogens is 350 g/mol. The number of anilines is 1. The van der Waals surface area contributed by atoms with Gasteiger partial charge in [0, 0.05) is 18.0 Å². The fourth-order valence-corrected chi connectivity index (χ4v) is 2.50. The number of nitrogens with zero attached hydrogens (tertiary/aromatic N) is 1. The van der Waals surface area contributed by atoms with Crippen LogP contribution in [0.1, 0.15) is 0 Å². The van der Waals surface area contributed by atoms with E-state index in [1.54, 1.807) is 18.2 Å². The number of carbonyl (C=O) groups excluding carboxylic acids is 1. The predicted molar refractivity (Wildman–Crippen MR) is 105 cm³/mol. The zero-order valence-corrected chi connectivity index (χ0v) is 14.6. The molecule has 1 aliphatic heterocycles. The van der Waals surface area contributed by atoms with Gasteiger partial charge in [0.05, 0.1) is 6.54 Å². The highest BCUT2D eigenvalue weighted by Crippen LogP contribution is 2.23. The zero-order chi connectivity index (χ0) is 18.4. The highest BCUT2D eigenvalue weighted by Gasteiger charge is 2.34. The summed E-state index contributed by atoms with van der Waals surface area (Å²) in [6.07, 6.45) is 4.42. The van der Waals surface area contributed by atoms with Crippen molar-refractivity contribution in [3.05, 3.63) is 66.7 Å². The second kappa shape index (κ2) is 7.90. The van der Waals surface area contributed by atoms with E-state index in [4.69, 9.17) is 17.0 Å². The van der Waals surface area contributed by atoms with Crippen LogP contribution in [-0.2, 0) is 4.79 Å². The van der Waals surface area contributed by atoms with Crippen LogP contribution in [0.25, 0.3) is 0 Å². The largest absolute Gasteiger partial charge is 0.457 e. The van der Waals surface area contributed by atoms with Gasteiger partial charge in [-0.25, -0.2) is 0 Å². The van der Waals surface area contributed by atoms with Crippen molar-refractivity contribution in [2.45, 2.75) is 5.60 Å². The van der Waals surface area contributed by atoms with Crippen LogP contribution in [-0.4, -0.2) is 34.5 Å². The minimum atomic E-state index is -1.70. The van der Waals surface area contributed by atoms with Gasteiger partial charge >= 0.3 is 0 Å². The second-order valence-corrected chi connectivity index (χ2v) is 6.03. The number of hydrogen-bond donors (Lipinski definition) is 3. The molecule has 3 rings (SSSR count). The molecule has 0 fully saturated rings. The molecule has 0 radical (unpaired) electrons. The van der Waals surface area contributed by atoms with Gasteiger partial charge in [0.25, 0.3) is 5.91 Å². The summed E-state index contributed by atoms with van der Waals surface area (Å²) < 4.78 is 5.76. The monoisotopic (exact) mass is 367 g/mol. The first-order chi connectivity index (χ1) is 12.5. The molecule has 1 atom stereocenters. The topological polar surface area (TPSA) is 83.0 Å². The van der Waals surface area contributed by atoms with Crippen LogP contribution >= 0.6 is 12.2 Å². The lowest BCUT2D eigenvalue weighted by atomic mass is 10.0. The molecule has 132 valence electrons. The van der Waals surface area contributed by atoms with E-state index in [9.17, 15) is 9.90 Å². The number of ether oxygens (including phenoxy) is 1. The summed E-state index contributed by atoms with van der Waals surface area (Å²) >= 11 is 5.15. The Morgan fingerprint density at radius 3 is 2.65 bits per heavy atom. The Labute approximate surface area is 156 Å². The molecule has 0 saturated heterocycles. The summed E-state index contributed by atoms with van der Waals surface area (Å²) in [4.78, 5) is 16.1. The van der Waals surface area contributed by atoms with E-state index in [0.717, 1.165) is 0 Å². The molecule has 6 nitrogen and oxygen atoms in total. The van der Waals surface area contributed by atoms with Crippen molar-refractivity contribution >= 4 is 35.1 Å². The third kappa shape index (κ3) is 4.53. The van der Waals surface area contributed by atoms with Gasteiger partial charge in [0.15, 0.2) is 10.7 Å². The minimum Gasteiger partial charge on any atom is -0.457 e. The molecule has 1 aliphatic rings. The van der Waals surface area contributed by atoms with Crippen LogP contribution in [0.15, 0.2) is 71.7 Å². The molecule has 0 bridgehead atoms. The lowest BCUT2D eigenvalue weighted by molar-refractivity contribution is -0.132. The Morgan fingerprint density at radius 2 is 1.92 bits per heavy atom. The van der Waals surface area contributed by atoms with Crippen LogP contribution in [0.4, 0.5) is 5.69 Å². The van der Waals surface area contributed by atoms with E-state index in [-0.39, 0.29) is 11.7 Å². The number of nitrogens with one attached hydrogen (secondary N) is 2. The van der Waals surface area contributed by atoms with Crippen LogP contribution in [0, 0.1) is 0 Å². The zero-order valence-electron chi connectivity index (χ0n) is 13.8. The standard InChI is InChI=1S/C19H17N3O3S/c23-17(19(24)10-5-11-20-13-19)22-18(26)21-14-6-4-9-16(12-14)25-15-7-2-1-3-8-15/h1-12,24H,13H2,(H2,21,22,23,26). The van der Waals surface area contributed by atoms with Crippen LogP contribution < -0.4 is 15.4 Å². The molecule has 0 saturated carbocycles. The third-order valence-electron chi connectivity index (χ3n) is 3.59. The molecule has 1 heterocycles. The predicted octanol–water partition coefficient (Wildman–Crippen LogP) is 2.66. The average Bonchev–Trinajstić information content (AvgIpc) is 2.63. The van der Waals surface area contributed by atoms with Crippen molar-refractivity contribution in [1.82, 2.24) is 5.32 Å². The summed E-state index contributed by atoms with van der Waals surface area (Å²) in [5.74, 6) is 0.700. The van der Waals surface area contributed by atoms with Gasteiger partial charge in [-0.1, -0.05) is 24.3 Å². The van der Waals surface area contributed by atoms with Crippen molar-refractivity contribution in [1.29, 1.82) is 0 Å². The highest BCUT2D eigenvalue weighted by molar-refractivity contribution is 7.80. The number of aliphatic hydroxyl groups is 1. The number of thiocarbonyl (C=S) groups is 1. The van der Waals surface area contributed by atoms with Crippen molar-refractivity contribution < 1.29 is 14.6 Å². The van der Waals surface area contributed by atoms with Gasteiger partial charge < -0.3 is 20.5 Å². The quantitative estimate of drug-likeness (QED) is 0.724. The van der Waals surface area contributed by atoms with E-state index in [1.807, 2.05) is 36.4 Å². The summed E-state index contributed by atoms with van der Waals surface area (Å²) in [5.41, 5.74) is -1.05. The van der Waals surface area contributed by atoms with Crippen molar-refractivity contribution in [2.75, 3.05) is 11.9 Å². The van der Waals surface area contributed by atoms with Gasteiger partial charge in [-0.2, -0.15) is 0 Å². The van der Waals surface area contributed by atoms with E-state index in [1.165, 1.54) is 18.4 Å². The Hall–Kier alpha value is -3.03. The molecule has 0 aromatic heterocycles. The van der Waals surface area contributed by atoms with Crippen molar-refractivity contribution in [3.8, 4) is 11.5 Å². The fourth-order valence-electron chi connectivity index (χ4n) is 2.29.